The van der Waals surface area contributed by atoms with Gasteiger partial charge < -0.3 is 20.5 Å². The molecule has 0 saturated carbocycles. The minimum atomic E-state index is -0.149. The molecule has 164 valence electrons. The highest BCUT2D eigenvalue weighted by molar-refractivity contribution is 5.82. The van der Waals surface area contributed by atoms with Crippen molar-refractivity contribution in [3.8, 4) is 22.6 Å². The summed E-state index contributed by atoms with van der Waals surface area (Å²) in [7, 11) is 4.91. The molecular formula is C24H25N5O3. The fourth-order valence-electron chi connectivity index (χ4n) is 3.58. The number of nitrogens with zero attached hydrogens (tertiary/aromatic N) is 3. The summed E-state index contributed by atoms with van der Waals surface area (Å²) < 4.78 is 12.5. The Morgan fingerprint density at radius 2 is 1.72 bits per heavy atom. The molecule has 2 aromatic heterocycles. The topological polar surface area (TPSA) is 104 Å². The molecule has 8 heteroatoms. The van der Waals surface area contributed by atoms with E-state index in [0.29, 0.717) is 52.9 Å². The van der Waals surface area contributed by atoms with Gasteiger partial charge in [-0.2, -0.15) is 4.98 Å². The van der Waals surface area contributed by atoms with E-state index < -0.39 is 0 Å². The van der Waals surface area contributed by atoms with Gasteiger partial charge in [-0.1, -0.05) is 12.1 Å². The largest absolute Gasteiger partial charge is 0.497 e. The first-order valence-corrected chi connectivity index (χ1v) is 10.2. The lowest BCUT2D eigenvalue weighted by molar-refractivity contribution is 0.394. The van der Waals surface area contributed by atoms with Crippen molar-refractivity contribution < 1.29 is 9.47 Å². The molecule has 32 heavy (non-hydrogen) atoms. The molecule has 0 radical (unpaired) electrons. The number of aromatic nitrogens is 3. The third-order valence-corrected chi connectivity index (χ3v) is 5.32. The Balaban J connectivity index is 1.87. The number of rotatable bonds is 7. The van der Waals surface area contributed by atoms with Crippen molar-refractivity contribution in [2.75, 3.05) is 32.3 Å². The Hall–Kier alpha value is -4.07. The second kappa shape index (κ2) is 8.97. The average Bonchev–Trinajstić information content (AvgIpc) is 2.83. The fourth-order valence-corrected chi connectivity index (χ4v) is 3.58. The summed E-state index contributed by atoms with van der Waals surface area (Å²) in [5.41, 5.74) is 9.23. The molecule has 2 aromatic carbocycles. The zero-order valence-corrected chi connectivity index (χ0v) is 18.3. The van der Waals surface area contributed by atoms with E-state index in [0.717, 1.165) is 10.9 Å². The number of methoxy groups -OCH3 is 2. The van der Waals surface area contributed by atoms with Gasteiger partial charge in [-0.15, -0.1) is 0 Å². The summed E-state index contributed by atoms with van der Waals surface area (Å²) in [6.45, 7) is 0.453. The number of anilines is 2. The number of hydrogen-bond donors (Lipinski definition) is 2. The summed E-state index contributed by atoms with van der Waals surface area (Å²) in [4.78, 5) is 22.5. The predicted octanol–water partition coefficient (Wildman–Crippen LogP) is 3.34. The minimum Gasteiger partial charge on any atom is -0.497 e. The summed E-state index contributed by atoms with van der Waals surface area (Å²) in [5, 5.41) is 3.70. The number of nitrogen functional groups attached to an aromatic ring is 1. The molecule has 0 fully saturated rings. The van der Waals surface area contributed by atoms with Crippen LogP contribution in [0, 0.1) is 0 Å². The van der Waals surface area contributed by atoms with E-state index in [2.05, 4.69) is 15.3 Å². The van der Waals surface area contributed by atoms with E-state index in [1.165, 1.54) is 0 Å². The lowest BCUT2D eigenvalue weighted by atomic mass is 10.0. The zero-order chi connectivity index (χ0) is 22.7. The summed E-state index contributed by atoms with van der Waals surface area (Å²) in [6, 6.07) is 14.9. The molecule has 0 bridgehead atoms. The van der Waals surface area contributed by atoms with Crippen LogP contribution >= 0.6 is 0 Å². The van der Waals surface area contributed by atoms with Gasteiger partial charge in [0.25, 0.3) is 5.56 Å². The standard InChI is InChI=1S/C24H25N5O3/c1-26-24-27-14-17-12-21(16-10-19(31-2)13-20(11-16)32-3)23(30)29(22(17)28-24)9-8-15-4-6-18(25)7-5-15/h4-7,10-14H,8-9,25H2,1-3H3,(H,26,27,28). The first-order chi connectivity index (χ1) is 15.5. The monoisotopic (exact) mass is 431 g/mol. The number of aryl methyl sites for hydroxylation is 2. The van der Waals surface area contributed by atoms with E-state index in [1.54, 1.807) is 38.1 Å². The molecule has 0 saturated heterocycles. The number of nitrogens with one attached hydrogen (secondary N) is 1. The molecule has 0 aliphatic carbocycles. The van der Waals surface area contributed by atoms with Crippen LogP contribution in [0.15, 0.2) is 59.5 Å². The van der Waals surface area contributed by atoms with Gasteiger partial charge in [0.1, 0.15) is 17.1 Å². The van der Waals surface area contributed by atoms with Crippen LogP contribution in [-0.2, 0) is 13.0 Å². The Morgan fingerprint density at radius 1 is 1.03 bits per heavy atom. The van der Waals surface area contributed by atoms with Crippen LogP contribution < -0.4 is 26.1 Å². The highest BCUT2D eigenvalue weighted by Crippen LogP contribution is 2.29. The number of hydrogen-bond acceptors (Lipinski definition) is 7. The molecule has 0 aliphatic rings. The number of nitrogens with two attached hydrogens (primary N) is 1. The quantitative estimate of drug-likeness (QED) is 0.433. The van der Waals surface area contributed by atoms with Crippen LogP contribution in [0.4, 0.5) is 11.6 Å². The van der Waals surface area contributed by atoms with Crippen LogP contribution in [0.25, 0.3) is 22.2 Å². The third-order valence-electron chi connectivity index (χ3n) is 5.32. The second-order valence-corrected chi connectivity index (χ2v) is 7.33. The minimum absolute atomic E-state index is 0.149. The molecule has 0 unspecified atom stereocenters. The molecule has 4 aromatic rings. The first kappa shape index (κ1) is 21.2. The second-order valence-electron chi connectivity index (χ2n) is 7.33. The van der Waals surface area contributed by atoms with Crippen LogP contribution in [0.5, 0.6) is 11.5 Å². The van der Waals surface area contributed by atoms with Crippen molar-refractivity contribution in [1.82, 2.24) is 14.5 Å². The highest BCUT2D eigenvalue weighted by atomic mass is 16.5. The Bertz CT molecular complexity index is 1290. The van der Waals surface area contributed by atoms with Crippen LogP contribution in [0.1, 0.15) is 5.56 Å². The number of ether oxygens (including phenoxy) is 2. The number of fused-ring (bicyclic) bond motifs is 1. The first-order valence-electron chi connectivity index (χ1n) is 10.2. The van der Waals surface area contributed by atoms with Crippen molar-refractivity contribution in [2.45, 2.75) is 13.0 Å². The fraction of sp³-hybridized carbons (Fsp3) is 0.208. The molecular weight excluding hydrogens is 406 g/mol. The van der Waals surface area contributed by atoms with Gasteiger partial charge in [0, 0.05) is 42.5 Å². The number of benzene rings is 2. The van der Waals surface area contributed by atoms with Gasteiger partial charge in [0.15, 0.2) is 0 Å². The van der Waals surface area contributed by atoms with Crippen molar-refractivity contribution in [3.05, 3.63) is 70.6 Å². The normalized spacial score (nSPS) is 10.8. The molecule has 4 rings (SSSR count). The van der Waals surface area contributed by atoms with E-state index >= 15 is 0 Å². The maximum Gasteiger partial charge on any atom is 0.260 e. The zero-order valence-electron chi connectivity index (χ0n) is 18.3. The van der Waals surface area contributed by atoms with Crippen molar-refractivity contribution in [3.63, 3.8) is 0 Å². The van der Waals surface area contributed by atoms with E-state index in [9.17, 15) is 4.79 Å². The molecule has 0 spiro atoms. The van der Waals surface area contributed by atoms with Gasteiger partial charge in [0.2, 0.25) is 5.95 Å². The smallest absolute Gasteiger partial charge is 0.260 e. The lowest BCUT2D eigenvalue weighted by Gasteiger charge is -2.14. The van der Waals surface area contributed by atoms with Crippen LogP contribution in [0.3, 0.4) is 0 Å². The highest BCUT2D eigenvalue weighted by Gasteiger charge is 2.15. The molecule has 0 aliphatic heterocycles. The molecule has 2 heterocycles. The van der Waals surface area contributed by atoms with Crippen LogP contribution in [-0.4, -0.2) is 35.8 Å². The molecule has 0 atom stereocenters. The SMILES string of the molecule is CNc1ncc2cc(-c3cc(OC)cc(OC)c3)c(=O)n(CCc3ccc(N)cc3)c2n1. The Labute approximate surface area is 185 Å². The molecule has 0 amide bonds. The predicted molar refractivity (Wildman–Crippen MR) is 126 cm³/mol. The van der Waals surface area contributed by atoms with Crippen LogP contribution in [0.2, 0.25) is 0 Å². The maximum atomic E-state index is 13.6. The van der Waals surface area contributed by atoms with E-state index in [-0.39, 0.29) is 5.56 Å². The van der Waals surface area contributed by atoms with E-state index in [1.807, 2.05) is 42.5 Å². The summed E-state index contributed by atoms with van der Waals surface area (Å²) in [5.74, 6) is 1.66. The lowest BCUT2D eigenvalue weighted by Crippen LogP contribution is -2.24. The van der Waals surface area contributed by atoms with Crippen molar-refractivity contribution in [1.29, 1.82) is 0 Å². The van der Waals surface area contributed by atoms with Gasteiger partial charge in [-0.25, -0.2) is 4.98 Å². The van der Waals surface area contributed by atoms with Gasteiger partial charge in [-0.05, 0) is 47.9 Å². The summed E-state index contributed by atoms with van der Waals surface area (Å²) >= 11 is 0. The molecule has 3 N–H and O–H groups in total. The van der Waals surface area contributed by atoms with Crippen molar-refractivity contribution in [2.24, 2.45) is 0 Å². The Morgan fingerprint density at radius 3 is 2.34 bits per heavy atom. The Kier molecular flexibility index (Phi) is 5.93. The van der Waals surface area contributed by atoms with Gasteiger partial charge in [0.05, 0.1) is 14.2 Å². The van der Waals surface area contributed by atoms with Gasteiger partial charge >= 0.3 is 0 Å². The number of pyridine rings is 1. The summed E-state index contributed by atoms with van der Waals surface area (Å²) in [6.07, 6.45) is 2.37. The van der Waals surface area contributed by atoms with Gasteiger partial charge in [-0.3, -0.25) is 9.36 Å². The maximum absolute atomic E-state index is 13.6. The van der Waals surface area contributed by atoms with E-state index in [4.69, 9.17) is 15.2 Å². The third kappa shape index (κ3) is 4.20. The average molecular weight is 431 g/mol. The molecule has 8 nitrogen and oxygen atoms in total. The van der Waals surface area contributed by atoms with Crippen molar-refractivity contribution >= 4 is 22.7 Å².